The van der Waals surface area contributed by atoms with Crippen LogP contribution >= 0.6 is 0 Å². The number of carbonyl (C=O) groups excluding carboxylic acids is 1. The molecule has 0 saturated heterocycles. The Bertz CT molecular complexity index is 426. The minimum absolute atomic E-state index is 0.0770. The fourth-order valence-corrected chi connectivity index (χ4v) is 1.66. The van der Waals surface area contributed by atoms with Crippen LogP contribution in [-0.4, -0.2) is 37.6 Å². The van der Waals surface area contributed by atoms with E-state index in [2.05, 4.69) is 0 Å². The molecular weight excluding hydrogens is 259 g/mol. The number of hydrogen-bond acceptors (Lipinski definition) is 3. The van der Waals surface area contributed by atoms with Gasteiger partial charge in [0.15, 0.2) is 0 Å². The molecule has 0 spiro atoms. The second-order valence-electron chi connectivity index (χ2n) is 5.00. The van der Waals surface area contributed by atoms with Crippen molar-refractivity contribution in [1.82, 2.24) is 4.90 Å². The van der Waals surface area contributed by atoms with Gasteiger partial charge in [-0.1, -0.05) is 13.0 Å². The highest BCUT2D eigenvalue weighted by Gasteiger charge is 2.10. The average molecular weight is 282 g/mol. The Morgan fingerprint density at radius 1 is 1.50 bits per heavy atom. The molecule has 4 nitrogen and oxygen atoms in total. The van der Waals surface area contributed by atoms with Gasteiger partial charge in [0.05, 0.1) is 6.54 Å². The SMILES string of the molecule is CC(CN)CCC(=O)N(C)CCOc1cccc(F)c1. The molecule has 1 atom stereocenters. The summed E-state index contributed by atoms with van der Waals surface area (Å²) >= 11 is 0. The van der Waals surface area contributed by atoms with Crippen LogP contribution < -0.4 is 10.5 Å². The second-order valence-corrected chi connectivity index (χ2v) is 5.00. The van der Waals surface area contributed by atoms with Crippen LogP contribution in [0.1, 0.15) is 19.8 Å². The monoisotopic (exact) mass is 282 g/mol. The number of halogens is 1. The minimum atomic E-state index is -0.331. The summed E-state index contributed by atoms with van der Waals surface area (Å²) in [6.45, 7) is 3.45. The molecule has 0 aliphatic rings. The summed E-state index contributed by atoms with van der Waals surface area (Å²) in [6.07, 6.45) is 1.29. The minimum Gasteiger partial charge on any atom is -0.492 e. The summed E-state index contributed by atoms with van der Waals surface area (Å²) in [5.41, 5.74) is 5.52. The van der Waals surface area contributed by atoms with E-state index in [-0.39, 0.29) is 11.7 Å². The van der Waals surface area contributed by atoms with Crippen molar-refractivity contribution in [2.45, 2.75) is 19.8 Å². The Morgan fingerprint density at radius 3 is 2.90 bits per heavy atom. The summed E-state index contributed by atoms with van der Waals surface area (Å²) in [5.74, 6) is 0.578. The maximum atomic E-state index is 12.9. The molecule has 112 valence electrons. The molecule has 0 aliphatic heterocycles. The predicted octanol–water partition coefficient (Wildman–Crippen LogP) is 2.04. The zero-order valence-electron chi connectivity index (χ0n) is 12.1. The normalized spacial score (nSPS) is 12.0. The van der Waals surface area contributed by atoms with Crippen LogP contribution in [0.2, 0.25) is 0 Å². The zero-order valence-corrected chi connectivity index (χ0v) is 12.1. The summed E-state index contributed by atoms with van der Waals surface area (Å²) in [6, 6.07) is 5.97. The van der Waals surface area contributed by atoms with Crippen LogP contribution in [0.15, 0.2) is 24.3 Å². The summed E-state index contributed by atoms with van der Waals surface area (Å²) in [4.78, 5) is 13.5. The fraction of sp³-hybridized carbons (Fsp3) is 0.533. The number of nitrogens with two attached hydrogens (primary N) is 1. The van der Waals surface area contributed by atoms with E-state index in [0.29, 0.717) is 37.8 Å². The molecule has 0 fully saturated rings. The van der Waals surface area contributed by atoms with Crippen LogP contribution in [0.5, 0.6) is 5.75 Å². The maximum absolute atomic E-state index is 12.9. The van der Waals surface area contributed by atoms with Gasteiger partial charge in [0, 0.05) is 19.5 Å². The Balaban J connectivity index is 2.25. The topological polar surface area (TPSA) is 55.6 Å². The van der Waals surface area contributed by atoms with Crippen molar-refractivity contribution in [2.75, 3.05) is 26.7 Å². The Morgan fingerprint density at radius 2 is 2.25 bits per heavy atom. The number of amides is 1. The second kappa shape index (κ2) is 8.53. The third kappa shape index (κ3) is 6.02. The van der Waals surface area contributed by atoms with Crippen LogP contribution in [-0.2, 0) is 4.79 Å². The molecule has 2 N–H and O–H groups in total. The molecule has 0 aromatic heterocycles. The van der Waals surface area contributed by atoms with Gasteiger partial charge in [-0.05, 0) is 31.0 Å². The van der Waals surface area contributed by atoms with Crippen molar-refractivity contribution >= 4 is 5.91 Å². The fourth-order valence-electron chi connectivity index (χ4n) is 1.66. The lowest BCUT2D eigenvalue weighted by Gasteiger charge is -2.18. The lowest BCUT2D eigenvalue weighted by Crippen LogP contribution is -2.31. The average Bonchev–Trinajstić information content (AvgIpc) is 2.44. The number of nitrogens with zero attached hydrogens (tertiary/aromatic N) is 1. The molecule has 0 radical (unpaired) electrons. The van der Waals surface area contributed by atoms with Crippen molar-refractivity contribution in [3.8, 4) is 5.75 Å². The molecule has 1 aromatic carbocycles. The largest absolute Gasteiger partial charge is 0.492 e. The Hall–Kier alpha value is -1.62. The molecule has 0 bridgehead atoms. The highest BCUT2D eigenvalue weighted by molar-refractivity contribution is 5.75. The number of benzene rings is 1. The van der Waals surface area contributed by atoms with Gasteiger partial charge in [0.1, 0.15) is 18.2 Å². The number of ether oxygens (including phenoxy) is 1. The first-order valence-electron chi connectivity index (χ1n) is 6.85. The van der Waals surface area contributed by atoms with Gasteiger partial charge in [0.25, 0.3) is 0 Å². The van der Waals surface area contributed by atoms with E-state index in [1.54, 1.807) is 24.1 Å². The number of rotatable bonds is 8. The lowest BCUT2D eigenvalue weighted by atomic mass is 10.1. The molecule has 1 unspecified atom stereocenters. The van der Waals surface area contributed by atoms with Crippen LogP contribution in [0.4, 0.5) is 4.39 Å². The van der Waals surface area contributed by atoms with E-state index < -0.39 is 0 Å². The lowest BCUT2D eigenvalue weighted by molar-refractivity contribution is -0.130. The van der Waals surface area contributed by atoms with E-state index in [4.69, 9.17) is 10.5 Å². The zero-order chi connectivity index (χ0) is 15.0. The van der Waals surface area contributed by atoms with Crippen molar-refractivity contribution < 1.29 is 13.9 Å². The van der Waals surface area contributed by atoms with Gasteiger partial charge >= 0.3 is 0 Å². The standard InChI is InChI=1S/C15H23FN2O2/c1-12(11-17)6-7-15(19)18(2)8-9-20-14-5-3-4-13(16)10-14/h3-5,10,12H,6-9,11,17H2,1-2H3. The number of carbonyl (C=O) groups is 1. The van der Waals surface area contributed by atoms with Crippen LogP contribution in [0.3, 0.4) is 0 Å². The van der Waals surface area contributed by atoms with E-state index in [1.807, 2.05) is 6.92 Å². The first-order chi connectivity index (χ1) is 9.52. The highest BCUT2D eigenvalue weighted by atomic mass is 19.1. The molecule has 1 aromatic rings. The van der Waals surface area contributed by atoms with E-state index in [0.717, 1.165) is 6.42 Å². The summed E-state index contributed by atoms with van der Waals surface area (Å²) in [5, 5.41) is 0. The van der Waals surface area contributed by atoms with E-state index in [9.17, 15) is 9.18 Å². The van der Waals surface area contributed by atoms with Crippen LogP contribution in [0, 0.1) is 11.7 Å². The van der Waals surface area contributed by atoms with Gasteiger partial charge in [-0.2, -0.15) is 0 Å². The molecule has 1 amide bonds. The highest BCUT2D eigenvalue weighted by Crippen LogP contribution is 2.12. The van der Waals surface area contributed by atoms with E-state index in [1.165, 1.54) is 12.1 Å². The summed E-state index contributed by atoms with van der Waals surface area (Å²) < 4.78 is 18.3. The smallest absolute Gasteiger partial charge is 0.222 e. The molecular formula is C15H23FN2O2. The molecule has 0 saturated carbocycles. The maximum Gasteiger partial charge on any atom is 0.222 e. The van der Waals surface area contributed by atoms with Gasteiger partial charge < -0.3 is 15.4 Å². The third-order valence-electron chi connectivity index (χ3n) is 3.17. The van der Waals surface area contributed by atoms with Gasteiger partial charge in [-0.3, -0.25) is 4.79 Å². The van der Waals surface area contributed by atoms with E-state index >= 15 is 0 Å². The Kier molecular flexibility index (Phi) is 7.01. The predicted molar refractivity (Wildman–Crippen MR) is 77.0 cm³/mol. The number of likely N-dealkylation sites (N-methyl/N-ethyl adjacent to an activating group) is 1. The molecule has 0 heterocycles. The number of hydrogen-bond donors (Lipinski definition) is 1. The van der Waals surface area contributed by atoms with Crippen molar-refractivity contribution in [3.05, 3.63) is 30.1 Å². The summed E-state index contributed by atoms with van der Waals surface area (Å²) in [7, 11) is 1.74. The van der Waals surface area contributed by atoms with Crippen molar-refractivity contribution in [1.29, 1.82) is 0 Å². The van der Waals surface area contributed by atoms with Gasteiger partial charge in [0.2, 0.25) is 5.91 Å². The first-order valence-corrected chi connectivity index (χ1v) is 6.85. The van der Waals surface area contributed by atoms with Gasteiger partial charge in [-0.15, -0.1) is 0 Å². The third-order valence-corrected chi connectivity index (χ3v) is 3.17. The molecule has 5 heteroatoms. The molecule has 20 heavy (non-hydrogen) atoms. The first kappa shape index (κ1) is 16.4. The quantitative estimate of drug-likeness (QED) is 0.794. The Labute approximate surface area is 119 Å². The van der Waals surface area contributed by atoms with Crippen LogP contribution in [0.25, 0.3) is 0 Å². The van der Waals surface area contributed by atoms with Crippen molar-refractivity contribution in [3.63, 3.8) is 0 Å². The molecule has 1 rings (SSSR count). The van der Waals surface area contributed by atoms with Crippen molar-refractivity contribution in [2.24, 2.45) is 11.7 Å². The molecule has 0 aliphatic carbocycles. The van der Waals surface area contributed by atoms with Gasteiger partial charge in [-0.25, -0.2) is 4.39 Å².